The zero-order chi connectivity index (χ0) is 10.8. The maximum atomic E-state index is 12.2. The van der Waals surface area contributed by atoms with Crippen molar-refractivity contribution in [3.8, 4) is 0 Å². The van der Waals surface area contributed by atoms with Crippen molar-refractivity contribution in [2.75, 3.05) is 13.6 Å². The Balaban J connectivity index is 0.00000196. The van der Waals surface area contributed by atoms with E-state index in [0.717, 1.165) is 25.7 Å². The molecule has 1 aliphatic rings. The van der Waals surface area contributed by atoms with Gasteiger partial charge in [0, 0.05) is 6.04 Å². The molecule has 1 saturated carbocycles. The van der Waals surface area contributed by atoms with Crippen LogP contribution in [-0.4, -0.2) is 31.5 Å². The molecule has 0 heterocycles. The molecule has 6 heteroatoms. The normalized spacial score (nSPS) is 17.9. The van der Waals surface area contributed by atoms with E-state index in [4.69, 9.17) is 0 Å². The molecule has 15 heavy (non-hydrogen) atoms. The van der Waals surface area contributed by atoms with Gasteiger partial charge < -0.3 is 17.8 Å². The second kappa shape index (κ2) is 6.81. The molecule has 0 aromatic carbocycles. The van der Waals surface area contributed by atoms with E-state index in [1.807, 2.05) is 0 Å². The van der Waals surface area contributed by atoms with Gasteiger partial charge >= 0.3 is 58.4 Å². The smallest absolute Gasteiger partial charge is 0.445 e. The van der Waals surface area contributed by atoms with Gasteiger partial charge in [0.25, 0.3) is 0 Å². The summed E-state index contributed by atoms with van der Waals surface area (Å²) < 4.78 is 36.7. The number of hydrogen-bond acceptors (Lipinski definition) is 1. The first kappa shape index (κ1) is 16.2. The predicted molar refractivity (Wildman–Crippen MR) is 53.1 cm³/mol. The van der Waals surface area contributed by atoms with Crippen LogP contribution in [0.15, 0.2) is 12.1 Å². The molecule has 1 rings (SSSR count). The maximum absolute atomic E-state index is 12.2. The summed E-state index contributed by atoms with van der Waals surface area (Å²) in [5.41, 5.74) is -0.584. The second-order valence-electron chi connectivity index (χ2n) is 4.09. The molecule has 0 aliphatic heterocycles. The third-order valence-electron chi connectivity index (χ3n) is 2.86. The van der Waals surface area contributed by atoms with E-state index in [0.29, 0.717) is 6.04 Å². The first-order chi connectivity index (χ1) is 6.41. The van der Waals surface area contributed by atoms with Gasteiger partial charge in [-0.25, -0.2) is 0 Å². The Hall–Kier alpha value is 1.19. The van der Waals surface area contributed by atoms with Crippen LogP contribution in [0.5, 0.6) is 0 Å². The Bertz CT molecular complexity index is 214. The number of nitrogens with zero attached hydrogens (tertiary/aromatic N) is 1. The van der Waals surface area contributed by atoms with Gasteiger partial charge in [0.2, 0.25) is 0 Å². The van der Waals surface area contributed by atoms with Crippen molar-refractivity contribution in [1.82, 2.24) is 4.90 Å². The molecule has 1 fully saturated rings. The second-order valence-corrected chi connectivity index (χ2v) is 4.09. The van der Waals surface area contributed by atoms with Crippen LogP contribution in [0.4, 0.5) is 12.9 Å². The third-order valence-corrected chi connectivity index (χ3v) is 2.86. The summed E-state index contributed by atoms with van der Waals surface area (Å²) in [4.78, 5) is 1.78. The van der Waals surface area contributed by atoms with Crippen molar-refractivity contribution >= 4 is 6.98 Å². The largest absolute Gasteiger partial charge is 1.00 e. The minimum atomic E-state index is -4.86. The third kappa shape index (κ3) is 5.37. The number of hydrogen-bond donors (Lipinski definition) is 0. The Morgan fingerprint density at radius 2 is 1.80 bits per heavy atom. The molecule has 0 N–H and O–H groups in total. The summed E-state index contributed by atoms with van der Waals surface area (Å²) in [6.07, 6.45) is 4.32. The molecule has 1 aliphatic carbocycles. The molecule has 0 atom stereocenters. The van der Waals surface area contributed by atoms with Crippen LogP contribution in [0, 0.1) is 0 Å². The molecule has 0 bridgehead atoms. The Morgan fingerprint density at radius 3 is 2.20 bits per heavy atom. The summed E-state index contributed by atoms with van der Waals surface area (Å²) >= 11 is 0. The van der Waals surface area contributed by atoms with E-state index >= 15 is 0 Å². The van der Waals surface area contributed by atoms with Gasteiger partial charge in [0.05, 0.1) is 0 Å². The SMILES string of the molecule is C=C(CN(C)C1CCCC1)[B-](F)(F)F.[K+]. The minimum Gasteiger partial charge on any atom is -0.445 e. The standard InChI is InChI=1S/C9H16BF3N.K/c1-8(10(11,12)13)7-14(2)9-5-3-4-6-9;/h9H,1,3-7H2,2H3;/q-1;+1. The monoisotopic (exact) mass is 245 g/mol. The van der Waals surface area contributed by atoms with Gasteiger partial charge in [-0.2, -0.15) is 0 Å². The van der Waals surface area contributed by atoms with Crippen molar-refractivity contribution in [3.63, 3.8) is 0 Å². The maximum Gasteiger partial charge on any atom is 1.00 e. The van der Waals surface area contributed by atoms with Gasteiger partial charge in [-0.3, -0.25) is 0 Å². The first-order valence-electron chi connectivity index (χ1n) is 4.99. The van der Waals surface area contributed by atoms with E-state index in [1.54, 1.807) is 11.9 Å². The van der Waals surface area contributed by atoms with E-state index in [-0.39, 0.29) is 57.9 Å². The topological polar surface area (TPSA) is 3.24 Å². The summed E-state index contributed by atoms with van der Waals surface area (Å²) in [7, 11) is 1.75. The zero-order valence-corrected chi connectivity index (χ0v) is 12.6. The average Bonchev–Trinajstić information content (AvgIpc) is 2.53. The molecule has 82 valence electrons. The summed E-state index contributed by atoms with van der Waals surface area (Å²) in [6.45, 7) is -1.79. The molecule has 0 amide bonds. The van der Waals surface area contributed by atoms with Crippen LogP contribution in [0.1, 0.15) is 25.7 Å². The van der Waals surface area contributed by atoms with Crippen molar-refractivity contribution in [2.24, 2.45) is 0 Å². The van der Waals surface area contributed by atoms with Crippen LogP contribution in [0.25, 0.3) is 0 Å². The van der Waals surface area contributed by atoms with Crippen molar-refractivity contribution in [3.05, 3.63) is 12.1 Å². The Morgan fingerprint density at radius 1 is 1.33 bits per heavy atom. The molecule has 1 nitrogen and oxygen atoms in total. The molecule has 0 spiro atoms. The predicted octanol–water partition coefficient (Wildman–Crippen LogP) is -0.192. The first-order valence-corrected chi connectivity index (χ1v) is 4.99. The molecule has 0 unspecified atom stereocenters. The Kier molecular flexibility index (Phi) is 7.35. The average molecular weight is 245 g/mol. The molecule has 0 saturated heterocycles. The number of rotatable bonds is 4. The zero-order valence-electron chi connectivity index (χ0n) is 9.48. The van der Waals surface area contributed by atoms with Gasteiger partial charge in [0.15, 0.2) is 0 Å². The molecular formula is C9H16BF3KN. The number of likely N-dealkylation sites (N-methyl/N-ethyl adjacent to an activating group) is 1. The van der Waals surface area contributed by atoms with Crippen LogP contribution >= 0.6 is 0 Å². The molecular weight excluding hydrogens is 229 g/mol. The van der Waals surface area contributed by atoms with Crippen LogP contribution in [0.3, 0.4) is 0 Å². The van der Waals surface area contributed by atoms with Crippen molar-refractivity contribution in [1.29, 1.82) is 0 Å². The van der Waals surface area contributed by atoms with Gasteiger partial charge in [-0.1, -0.05) is 12.8 Å². The fourth-order valence-corrected chi connectivity index (χ4v) is 1.90. The Labute approximate surface area is 132 Å². The van der Waals surface area contributed by atoms with Gasteiger partial charge in [-0.15, -0.1) is 12.1 Å². The molecule has 0 aromatic heterocycles. The van der Waals surface area contributed by atoms with Crippen LogP contribution in [0.2, 0.25) is 0 Å². The van der Waals surface area contributed by atoms with E-state index in [2.05, 4.69) is 6.58 Å². The van der Waals surface area contributed by atoms with E-state index in [1.165, 1.54) is 0 Å². The number of halogens is 3. The van der Waals surface area contributed by atoms with Gasteiger partial charge in [-0.05, 0) is 26.4 Å². The summed E-state index contributed by atoms with van der Waals surface area (Å²) in [6, 6.07) is 0.324. The van der Waals surface area contributed by atoms with Crippen LogP contribution < -0.4 is 51.4 Å². The molecule has 0 aromatic rings. The van der Waals surface area contributed by atoms with Crippen molar-refractivity contribution < 1.29 is 64.3 Å². The summed E-state index contributed by atoms with van der Waals surface area (Å²) in [5.74, 6) is 0. The fourth-order valence-electron chi connectivity index (χ4n) is 1.90. The quantitative estimate of drug-likeness (QED) is 0.620. The van der Waals surface area contributed by atoms with Crippen LogP contribution in [-0.2, 0) is 0 Å². The molecule has 0 radical (unpaired) electrons. The van der Waals surface area contributed by atoms with E-state index < -0.39 is 12.4 Å². The summed E-state index contributed by atoms with van der Waals surface area (Å²) in [5, 5.41) is 0. The van der Waals surface area contributed by atoms with Gasteiger partial charge in [0.1, 0.15) is 0 Å². The minimum absolute atomic E-state index is 0. The van der Waals surface area contributed by atoms with E-state index in [9.17, 15) is 12.9 Å². The van der Waals surface area contributed by atoms with Crippen molar-refractivity contribution in [2.45, 2.75) is 31.7 Å². The fraction of sp³-hybridized carbons (Fsp3) is 0.778.